The van der Waals surface area contributed by atoms with Crippen LogP contribution in [0.25, 0.3) is 0 Å². The molecule has 5 nitrogen and oxygen atoms in total. The molecule has 0 radical (unpaired) electrons. The highest BCUT2D eigenvalue weighted by atomic mass is 79.9. The quantitative estimate of drug-likeness (QED) is 0.455. The molecule has 0 spiro atoms. The smallest absolute Gasteiger partial charge is 0.338 e. The molecular formula is C14H9BrClNO4. The average Bonchev–Trinajstić information content (AvgIpc) is 2.44. The van der Waals surface area contributed by atoms with Crippen molar-refractivity contribution in [2.45, 2.75) is 6.61 Å². The van der Waals surface area contributed by atoms with Crippen molar-refractivity contribution in [1.82, 2.24) is 0 Å². The number of rotatable bonds is 4. The Morgan fingerprint density at radius 3 is 2.67 bits per heavy atom. The summed E-state index contributed by atoms with van der Waals surface area (Å²) >= 11 is 9.07. The van der Waals surface area contributed by atoms with Crippen molar-refractivity contribution in [2.75, 3.05) is 0 Å². The Balaban J connectivity index is 2.07. The molecule has 2 aromatic carbocycles. The van der Waals surface area contributed by atoms with Gasteiger partial charge < -0.3 is 4.74 Å². The molecule has 0 aliphatic carbocycles. The third-order valence-electron chi connectivity index (χ3n) is 2.64. The van der Waals surface area contributed by atoms with Gasteiger partial charge in [0.1, 0.15) is 11.6 Å². The lowest BCUT2D eigenvalue weighted by atomic mass is 10.2. The number of benzene rings is 2. The largest absolute Gasteiger partial charge is 0.457 e. The van der Waals surface area contributed by atoms with Crippen LogP contribution in [0.2, 0.25) is 5.02 Å². The number of nitro groups is 1. The summed E-state index contributed by atoms with van der Waals surface area (Å²) in [7, 11) is 0. The van der Waals surface area contributed by atoms with Gasteiger partial charge in [0.05, 0.1) is 10.5 Å². The normalized spacial score (nSPS) is 10.2. The molecule has 108 valence electrons. The summed E-state index contributed by atoms with van der Waals surface area (Å²) in [5, 5.41) is 10.5. The molecule has 0 heterocycles. The third-order valence-corrected chi connectivity index (χ3v) is 3.44. The molecule has 0 atom stereocenters. The van der Waals surface area contributed by atoms with Crippen molar-refractivity contribution in [1.29, 1.82) is 0 Å². The molecule has 0 aliphatic heterocycles. The molecular weight excluding hydrogens is 362 g/mol. The van der Waals surface area contributed by atoms with Gasteiger partial charge in [-0.15, -0.1) is 0 Å². The Hall–Kier alpha value is -1.92. The molecule has 7 heteroatoms. The van der Waals surface area contributed by atoms with E-state index in [4.69, 9.17) is 16.3 Å². The first-order valence-electron chi connectivity index (χ1n) is 5.83. The van der Waals surface area contributed by atoms with Crippen LogP contribution in [-0.2, 0) is 11.3 Å². The van der Waals surface area contributed by atoms with E-state index in [-0.39, 0.29) is 22.9 Å². The molecule has 2 aromatic rings. The SMILES string of the molecule is O=C(OCc1cccc(Br)c1)c1ccc([N+](=O)[O-])c(Cl)c1. The zero-order valence-corrected chi connectivity index (χ0v) is 12.9. The fourth-order valence-corrected chi connectivity index (χ4v) is 2.34. The number of nitrogens with zero attached hydrogens (tertiary/aromatic N) is 1. The molecule has 0 aromatic heterocycles. The van der Waals surface area contributed by atoms with Crippen LogP contribution < -0.4 is 0 Å². The number of carbonyl (C=O) groups excluding carboxylic acids is 1. The number of hydrogen-bond acceptors (Lipinski definition) is 4. The number of esters is 1. The van der Waals surface area contributed by atoms with Gasteiger partial charge in [-0.1, -0.05) is 39.7 Å². The molecule has 21 heavy (non-hydrogen) atoms. The fraction of sp³-hybridized carbons (Fsp3) is 0.0714. The van der Waals surface area contributed by atoms with Crippen molar-refractivity contribution >= 4 is 39.2 Å². The van der Waals surface area contributed by atoms with E-state index < -0.39 is 10.9 Å². The second-order valence-electron chi connectivity index (χ2n) is 4.13. The predicted molar refractivity (Wildman–Crippen MR) is 81.4 cm³/mol. The van der Waals surface area contributed by atoms with Crippen LogP contribution in [0.3, 0.4) is 0 Å². The van der Waals surface area contributed by atoms with E-state index in [9.17, 15) is 14.9 Å². The van der Waals surface area contributed by atoms with Crippen LogP contribution in [0.1, 0.15) is 15.9 Å². The second-order valence-corrected chi connectivity index (χ2v) is 5.45. The van der Waals surface area contributed by atoms with Gasteiger partial charge in [-0.05, 0) is 29.8 Å². The molecule has 0 saturated heterocycles. The lowest BCUT2D eigenvalue weighted by Crippen LogP contribution is -2.05. The highest BCUT2D eigenvalue weighted by Crippen LogP contribution is 2.25. The molecule has 0 saturated carbocycles. The van der Waals surface area contributed by atoms with Gasteiger partial charge in [-0.2, -0.15) is 0 Å². The summed E-state index contributed by atoms with van der Waals surface area (Å²) < 4.78 is 6.02. The Bertz CT molecular complexity index is 705. The Kier molecular flexibility index (Phi) is 4.93. The Morgan fingerprint density at radius 2 is 2.05 bits per heavy atom. The summed E-state index contributed by atoms with van der Waals surface area (Å²) in [6, 6.07) is 11.1. The van der Waals surface area contributed by atoms with Crippen LogP contribution in [0.4, 0.5) is 5.69 Å². The van der Waals surface area contributed by atoms with Crippen molar-refractivity contribution < 1.29 is 14.5 Å². The van der Waals surface area contributed by atoms with E-state index in [1.807, 2.05) is 24.3 Å². The number of hydrogen-bond donors (Lipinski definition) is 0. The van der Waals surface area contributed by atoms with Gasteiger partial charge in [0.2, 0.25) is 0 Å². The first-order chi connectivity index (χ1) is 9.97. The Labute approximate surface area is 133 Å². The Morgan fingerprint density at radius 1 is 1.29 bits per heavy atom. The average molecular weight is 371 g/mol. The first-order valence-corrected chi connectivity index (χ1v) is 7.00. The summed E-state index contributed by atoms with van der Waals surface area (Å²) in [6.07, 6.45) is 0. The predicted octanol–water partition coefficient (Wildman–Crippen LogP) is 4.37. The summed E-state index contributed by atoms with van der Waals surface area (Å²) in [5.74, 6) is -0.591. The van der Waals surface area contributed by atoms with E-state index in [1.54, 1.807) is 0 Å². The topological polar surface area (TPSA) is 69.4 Å². The minimum absolute atomic E-state index is 0.100. The highest BCUT2D eigenvalue weighted by molar-refractivity contribution is 9.10. The first kappa shape index (κ1) is 15.5. The van der Waals surface area contributed by atoms with Crippen molar-refractivity contribution in [3.05, 3.63) is 73.2 Å². The molecule has 0 fully saturated rings. The monoisotopic (exact) mass is 369 g/mol. The van der Waals surface area contributed by atoms with Crippen LogP contribution in [0.15, 0.2) is 46.9 Å². The molecule has 0 N–H and O–H groups in total. The van der Waals surface area contributed by atoms with Crippen LogP contribution in [-0.4, -0.2) is 10.9 Å². The van der Waals surface area contributed by atoms with Gasteiger partial charge in [-0.3, -0.25) is 10.1 Å². The maximum absolute atomic E-state index is 11.9. The summed E-state index contributed by atoms with van der Waals surface area (Å²) in [6.45, 7) is 0.104. The molecule has 2 rings (SSSR count). The maximum Gasteiger partial charge on any atom is 0.338 e. The van der Waals surface area contributed by atoms with Gasteiger partial charge in [0, 0.05) is 10.5 Å². The second kappa shape index (κ2) is 6.69. The number of halogens is 2. The van der Waals surface area contributed by atoms with Crippen molar-refractivity contribution in [2.24, 2.45) is 0 Å². The molecule has 0 aliphatic rings. The van der Waals surface area contributed by atoms with Gasteiger partial charge in [0.25, 0.3) is 5.69 Å². The van der Waals surface area contributed by atoms with Crippen molar-refractivity contribution in [3.63, 3.8) is 0 Å². The van der Waals surface area contributed by atoms with Crippen LogP contribution >= 0.6 is 27.5 Å². The van der Waals surface area contributed by atoms with Gasteiger partial charge in [-0.25, -0.2) is 4.79 Å². The van der Waals surface area contributed by atoms with Crippen molar-refractivity contribution in [3.8, 4) is 0 Å². The lowest BCUT2D eigenvalue weighted by Gasteiger charge is -2.06. The van der Waals surface area contributed by atoms with Crippen LogP contribution in [0, 0.1) is 10.1 Å². The zero-order valence-electron chi connectivity index (χ0n) is 10.6. The standard InChI is InChI=1S/C14H9BrClNO4/c15-11-3-1-2-9(6-11)8-21-14(18)10-4-5-13(17(19)20)12(16)7-10/h1-7H,8H2. The van der Waals surface area contributed by atoms with Gasteiger partial charge in [0.15, 0.2) is 0 Å². The minimum atomic E-state index is -0.612. The van der Waals surface area contributed by atoms with E-state index in [0.717, 1.165) is 10.0 Å². The zero-order chi connectivity index (χ0) is 15.4. The summed E-state index contributed by atoms with van der Waals surface area (Å²) in [4.78, 5) is 21.9. The minimum Gasteiger partial charge on any atom is -0.457 e. The maximum atomic E-state index is 11.9. The van der Waals surface area contributed by atoms with E-state index in [0.29, 0.717) is 0 Å². The van der Waals surface area contributed by atoms with Crippen LogP contribution in [0.5, 0.6) is 0 Å². The van der Waals surface area contributed by atoms with E-state index in [1.165, 1.54) is 18.2 Å². The number of nitro benzene ring substituents is 1. The highest BCUT2D eigenvalue weighted by Gasteiger charge is 2.16. The lowest BCUT2D eigenvalue weighted by molar-refractivity contribution is -0.384. The van der Waals surface area contributed by atoms with Gasteiger partial charge >= 0.3 is 5.97 Å². The summed E-state index contributed by atoms with van der Waals surface area (Å²) in [5.41, 5.74) is 0.742. The fourth-order valence-electron chi connectivity index (χ4n) is 1.64. The third kappa shape index (κ3) is 4.03. The van der Waals surface area contributed by atoms with E-state index >= 15 is 0 Å². The molecule has 0 bridgehead atoms. The number of ether oxygens (including phenoxy) is 1. The number of carbonyl (C=O) groups is 1. The molecule has 0 unspecified atom stereocenters. The van der Waals surface area contributed by atoms with E-state index in [2.05, 4.69) is 15.9 Å². The molecule has 0 amide bonds.